The Hall–Kier alpha value is -1.43. The van der Waals surface area contributed by atoms with Crippen LogP contribution in [-0.2, 0) is 4.79 Å². The standard InChI is InChI=1S/C46H87NO4/c1-3-5-7-9-11-13-15-17-19-21-22-23-25-26-28-30-32-34-36-38-40-44(49)43(42-48)47-46(51)45(50)41-39-37-35-33-31-29-27-24-20-18-16-14-12-10-8-6-4-2/h23,25,30,32,38,40,43-45,48-50H,3-22,24,26-29,31,33-37,39,41-42H2,1-2H3,(H,47,51)/b25-23+,32-30+,40-38+. The Kier molecular flexibility index (Phi) is 40.2. The third-order valence-corrected chi connectivity index (χ3v) is 10.2. The summed E-state index contributed by atoms with van der Waals surface area (Å²) in [6.07, 6.45) is 51.8. The van der Waals surface area contributed by atoms with Crippen LogP contribution in [0.5, 0.6) is 0 Å². The topological polar surface area (TPSA) is 89.8 Å². The zero-order chi connectivity index (χ0) is 37.3. The predicted octanol–water partition coefficient (Wildman–Crippen LogP) is 12.8. The lowest BCUT2D eigenvalue weighted by atomic mass is 10.0. The lowest BCUT2D eigenvalue weighted by Gasteiger charge is -2.21. The van der Waals surface area contributed by atoms with Gasteiger partial charge in [0.1, 0.15) is 6.10 Å². The molecule has 0 heterocycles. The molecule has 0 saturated carbocycles. The summed E-state index contributed by atoms with van der Waals surface area (Å²) >= 11 is 0. The number of carbonyl (C=O) groups excluding carboxylic acids is 1. The Bertz CT molecular complexity index is 794. The SMILES string of the molecule is CCCCCCCCCCCC/C=C/CC/C=C/CC/C=C/C(O)C(CO)NC(=O)C(O)CCCCCCCCCCCCCCCCCCC. The van der Waals surface area contributed by atoms with E-state index >= 15 is 0 Å². The Balaban J connectivity index is 3.73. The highest BCUT2D eigenvalue weighted by molar-refractivity contribution is 5.80. The summed E-state index contributed by atoms with van der Waals surface area (Å²) in [6.45, 7) is 4.17. The molecule has 0 saturated heterocycles. The van der Waals surface area contributed by atoms with E-state index in [0.717, 1.165) is 44.9 Å². The van der Waals surface area contributed by atoms with Gasteiger partial charge in [-0.05, 0) is 44.9 Å². The summed E-state index contributed by atoms with van der Waals surface area (Å²) in [5.41, 5.74) is 0. The van der Waals surface area contributed by atoms with Crippen molar-refractivity contribution < 1.29 is 20.1 Å². The van der Waals surface area contributed by atoms with Gasteiger partial charge in [-0.2, -0.15) is 0 Å². The van der Waals surface area contributed by atoms with Crippen LogP contribution in [-0.4, -0.2) is 46.1 Å². The number of carbonyl (C=O) groups is 1. The third kappa shape index (κ3) is 36.7. The van der Waals surface area contributed by atoms with Gasteiger partial charge in [0.15, 0.2) is 0 Å². The first-order valence-electron chi connectivity index (χ1n) is 22.3. The summed E-state index contributed by atoms with van der Waals surface area (Å²) in [5.74, 6) is -0.515. The molecule has 1 amide bonds. The minimum Gasteiger partial charge on any atom is -0.394 e. The van der Waals surface area contributed by atoms with Gasteiger partial charge < -0.3 is 20.6 Å². The van der Waals surface area contributed by atoms with Crippen LogP contribution >= 0.6 is 0 Å². The maximum absolute atomic E-state index is 12.5. The molecule has 3 unspecified atom stereocenters. The van der Waals surface area contributed by atoms with Crippen LogP contribution in [0.4, 0.5) is 0 Å². The van der Waals surface area contributed by atoms with Gasteiger partial charge in [-0.15, -0.1) is 0 Å². The van der Waals surface area contributed by atoms with Crippen molar-refractivity contribution in [2.45, 2.75) is 244 Å². The largest absolute Gasteiger partial charge is 0.394 e. The molecular formula is C46H87NO4. The molecule has 0 aromatic heterocycles. The third-order valence-electron chi connectivity index (χ3n) is 10.2. The van der Waals surface area contributed by atoms with E-state index in [9.17, 15) is 20.1 Å². The van der Waals surface area contributed by atoms with Crippen molar-refractivity contribution in [2.75, 3.05) is 6.61 Å². The number of hydrogen-bond acceptors (Lipinski definition) is 4. The van der Waals surface area contributed by atoms with E-state index in [-0.39, 0.29) is 6.61 Å². The van der Waals surface area contributed by atoms with Crippen molar-refractivity contribution >= 4 is 5.91 Å². The second-order valence-corrected chi connectivity index (χ2v) is 15.2. The molecular weight excluding hydrogens is 631 g/mol. The van der Waals surface area contributed by atoms with E-state index in [1.54, 1.807) is 6.08 Å². The van der Waals surface area contributed by atoms with E-state index < -0.39 is 24.2 Å². The number of aliphatic hydroxyl groups is 3. The fourth-order valence-electron chi connectivity index (χ4n) is 6.69. The summed E-state index contributed by atoms with van der Waals surface area (Å²) < 4.78 is 0. The summed E-state index contributed by atoms with van der Waals surface area (Å²) in [4.78, 5) is 12.5. The van der Waals surface area contributed by atoms with E-state index in [4.69, 9.17) is 0 Å². The number of rotatable bonds is 40. The van der Waals surface area contributed by atoms with Gasteiger partial charge in [0, 0.05) is 0 Å². The first-order chi connectivity index (χ1) is 25.1. The molecule has 0 aromatic carbocycles. The number of aliphatic hydroxyl groups excluding tert-OH is 3. The molecule has 0 aliphatic rings. The predicted molar refractivity (Wildman–Crippen MR) is 222 cm³/mol. The summed E-state index contributed by atoms with van der Waals surface area (Å²) in [5, 5.41) is 33.1. The van der Waals surface area contributed by atoms with Crippen LogP contribution in [0.2, 0.25) is 0 Å². The van der Waals surface area contributed by atoms with Gasteiger partial charge in [-0.25, -0.2) is 0 Å². The van der Waals surface area contributed by atoms with Gasteiger partial charge in [0.2, 0.25) is 5.91 Å². The molecule has 0 radical (unpaired) electrons. The summed E-state index contributed by atoms with van der Waals surface area (Å²) in [6, 6.07) is -0.818. The fourth-order valence-corrected chi connectivity index (χ4v) is 6.69. The molecule has 3 atom stereocenters. The van der Waals surface area contributed by atoms with E-state index in [1.165, 1.54) is 161 Å². The smallest absolute Gasteiger partial charge is 0.249 e. The maximum atomic E-state index is 12.5. The van der Waals surface area contributed by atoms with Crippen LogP contribution in [0.3, 0.4) is 0 Å². The van der Waals surface area contributed by atoms with Crippen LogP contribution in [0.1, 0.15) is 226 Å². The second-order valence-electron chi connectivity index (χ2n) is 15.2. The van der Waals surface area contributed by atoms with Gasteiger partial charge in [0.05, 0.1) is 18.8 Å². The molecule has 5 nitrogen and oxygen atoms in total. The molecule has 0 spiro atoms. The highest BCUT2D eigenvalue weighted by Crippen LogP contribution is 2.15. The van der Waals surface area contributed by atoms with Gasteiger partial charge in [-0.1, -0.05) is 217 Å². The highest BCUT2D eigenvalue weighted by Gasteiger charge is 2.22. The monoisotopic (exact) mass is 718 g/mol. The number of nitrogens with one attached hydrogen (secondary N) is 1. The lowest BCUT2D eigenvalue weighted by Crippen LogP contribution is -2.48. The zero-order valence-electron chi connectivity index (χ0n) is 34.0. The molecule has 0 aromatic rings. The number of hydrogen-bond donors (Lipinski definition) is 4. The Morgan fingerprint density at radius 2 is 0.804 bits per heavy atom. The second kappa shape index (κ2) is 41.3. The van der Waals surface area contributed by atoms with Crippen LogP contribution in [0.15, 0.2) is 36.5 Å². The van der Waals surface area contributed by atoms with Gasteiger partial charge in [-0.3, -0.25) is 4.79 Å². The minimum absolute atomic E-state index is 0.379. The molecule has 300 valence electrons. The molecule has 0 aliphatic carbocycles. The van der Waals surface area contributed by atoms with E-state index in [1.807, 2.05) is 6.08 Å². The number of amides is 1. The summed E-state index contributed by atoms with van der Waals surface area (Å²) in [7, 11) is 0. The van der Waals surface area contributed by atoms with Crippen LogP contribution < -0.4 is 5.32 Å². The Labute approximate surface area is 317 Å². The molecule has 0 aliphatic heterocycles. The number of allylic oxidation sites excluding steroid dienone is 5. The van der Waals surface area contributed by atoms with Crippen molar-refractivity contribution in [1.29, 1.82) is 0 Å². The first-order valence-corrected chi connectivity index (χ1v) is 22.3. The molecule has 0 rings (SSSR count). The average molecular weight is 718 g/mol. The van der Waals surface area contributed by atoms with Crippen molar-refractivity contribution in [3.05, 3.63) is 36.5 Å². The molecule has 4 N–H and O–H groups in total. The average Bonchev–Trinajstić information content (AvgIpc) is 3.13. The van der Waals surface area contributed by atoms with Crippen LogP contribution in [0.25, 0.3) is 0 Å². The van der Waals surface area contributed by atoms with Crippen molar-refractivity contribution in [3.8, 4) is 0 Å². The van der Waals surface area contributed by atoms with Crippen LogP contribution in [0, 0.1) is 0 Å². The van der Waals surface area contributed by atoms with E-state index in [2.05, 4.69) is 43.5 Å². The fraction of sp³-hybridized carbons (Fsp3) is 0.848. The maximum Gasteiger partial charge on any atom is 0.249 e. The minimum atomic E-state index is -1.11. The van der Waals surface area contributed by atoms with Crippen molar-refractivity contribution in [1.82, 2.24) is 5.32 Å². The Morgan fingerprint density at radius 1 is 0.471 bits per heavy atom. The highest BCUT2D eigenvalue weighted by atomic mass is 16.3. The van der Waals surface area contributed by atoms with Crippen molar-refractivity contribution in [3.63, 3.8) is 0 Å². The quantitative estimate of drug-likeness (QED) is 0.0375. The Morgan fingerprint density at radius 3 is 1.20 bits per heavy atom. The van der Waals surface area contributed by atoms with Crippen molar-refractivity contribution in [2.24, 2.45) is 0 Å². The molecule has 0 bridgehead atoms. The molecule has 51 heavy (non-hydrogen) atoms. The zero-order valence-corrected chi connectivity index (χ0v) is 34.0. The molecule has 5 heteroatoms. The molecule has 0 fully saturated rings. The van der Waals surface area contributed by atoms with Gasteiger partial charge >= 0.3 is 0 Å². The van der Waals surface area contributed by atoms with Gasteiger partial charge in [0.25, 0.3) is 0 Å². The van der Waals surface area contributed by atoms with E-state index in [0.29, 0.717) is 6.42 Å². The lowest BCUT2D eigenvalue weighted by molar-refractivity contribution is -0.131. The normalized spacial score (nSPS) is 13.9. The first kappa shape index (κ1) is 49.6. The number of unbranched alkanes of at least 4 members (excludes halogenated alkanes) is 28.